The fourth-order valence-corrected chi connectivity index (χ4v) is 5.29. The number of anilines is 1. The first kappa shape index (κ1) is 23.1. The molecule has 6 nitrogen and oxygen atoms in total. The van der Waals surface area contributed by atoms with Gasteiger partial charge in [-0.1, -0.05) is 24.3 Å². The van der Waals surface area contributed by atoms with Crippen LogP contribution in [-0.4, -0.2) is 24.1 Å². The van der Waals surface area contributed by atoms with Gasteiger partial charge in [-0.05, 0) is 74.4 Å². The van der Waals surface area contributed by atoms with Crippen LogP contribution in [0.4, 0.5) is 5.69 Å². The Hall–Kier alpha value is -3.67. The van der Waals surface area contributed by atoms with Gasteiger partial charge in [-0.3, -0.25) is 14.4 Å². The van der Waals surface area contributed by atoms with E-state index < -0.39 is 0 Å². The maximum Gasteiger partial charge on any atom is 0.262 e. The SMILES string of the molecule is Cc1cccc(NC(=O)COc2ccc(C3C4=C(CCCC4=O)NC4=C3C(=O)CCC4)cc2)c1C. The molecule has 6 heteroatoms. The third-order valence-corrected chi connectivity index (χ3v) is 7.25. The maximum absolute atomic E-state index is 12.9. The predicted molar refractivity (Wildman–Crippen MR) is 134 cm³/mol. The Morgan fingerprint density at radius 2 is 1.54 bits per heavy atom. The summed E-state index contributed by atoms with van der Waals surface area (Å²) in [7, 11) is 0. The molecule has 2 aromatic rings. The minimum Gasteiger partial charge on any atom is -0.484 e. The fourth-order valence-electron chi connectivity index (χ4n) is 5.29. The van der Waals surface area contributed by atoms with Crippen molar-refractivity contribution in [1.29, 1.82) is 0 Å². The average Bonchev–Trinajstić information content (AvgIpc) is 2.85. The van der Waals surface area contributed by atoms with Gasteiger partial charge in [0.1, 0.15) is 5.75 Å². The van der Waals surface area contributed by atoms with Crippen LogP contribution in [0.3, 0.4) is 0 Å². The first-order valence-electron chi connectivity index (χ1n) is 12.3. The second kappa shape index (κ2) is 9.53. The summed E-state index contributed by atoms with van der Waals surface area (Å²) in [6, 6.07) is 13.2. The zero-order valence-electron chi connectivity index (χ0n) is 20.2. The van der Waals surface area contributed by atoms with Gasteiger partial charge in [-0.25, -0.2) is 0 Å². The summed E-state index contributed by atoms with van der Waals surface area (Å²) in [5.41, 5.74) is 7.27. The van der Waals surface area contributed by atoms with E-state index in [4.69, 9.17) is 4.74 Å². The number of ether oxygens (including phenoxy) is 1. The van der Waals surface area contributed by atoms with Crippen LogP contribution >= 0.6 is 0 Å². The highest BCUT2D eigenvalue weighted by Crippen LogP contribution is 2.45. The van der Waals surface area contributed by atoms with Crippen molar-refractivity contribution >= 4 is 23.2 Å². The summed E-state index contributed by atoms with van der Waals surface area (Å²) >= 11 is 0. The number of aryl methyl sites for hydroxylation is 1. The zero-order valence-corrected chi connectivity index (χ0v) is 20.2. The van der Waals surface area contributed by atoms with Crippen LogP contribution < -0.4 is 15.4 Å². The summed E-state index contributed by atoms with van der Waals surface area (Å²) in [6.07, 6.45) is 4.38. The topological polar surface area (TPSA) is 84.5 Å². The third-order valence-electron chi connectivity index (χ3n) is 7.25. The predicted octanol–water partition coefficient (Wildman–Crippen LogP) is 5.02. The molecule has 5 rings (SSSR count). The minimum absolute atomic E-state index is 0.109. The number of dihydropyridines is 1. The molecule has 0 radical (unpaired) electrons. The van der Waals surface area contributed by atoms with Gasteiger partial charge in [0.25, 0.3) is 5.91 Å². The number of hydrogen-bond donors (Lipinski definition) is 2. The van der Waals surface area contributed by atoms with Crippen molar-refractivity contribution in [2.45, 2.75) is 58.3 Å². The first-order valence-corrected chi connectivity index (χ1v) is 12.3. The van der Waals surface area contributed by atoms with Gasteiger partial charge in [0.2, 0.25) is 0 Å². The number of Topliss-reactive ketones (excluding diaryl/α,β-unsaturated/α-hetero) is 2. The molecule has 0 unspecified atom stereocenters. The minimum atomic E-state index is -0.330. The molecule has 1 heterocycles. The van der Waals surface area contributed by atoms with E-state index in [-0.39, 0.29) is 30.0 Å². The highest BCUT2D eigenvalue weighted by Gasteiger charge is 2.40. The van der Waals surface area contributed by atoms with Gasteiger partial charge < -0.3 is 15.4 Å². The van der Waals surface area contributed by atoms with E-state index in [0.29, 0.717) is 18.6 Å². The lowest BCUT2D eigenvalue weighted by molar-refractivity contribution is -0.118. The van der Waals surface area contributed by atoms with Crippen molar-refractivity contribution < 1.29 is 19.1 Å². The Balaban J connectivity index is 1.34. The van der Waals surface area contributed by atoms with Crippen molar-refractivity contribution in [1.82, 2.24) is 5.32 Å². The number of allylic oxidation sites excluding steroid dienone is 4. The Bertz CT molecular complexity index is 1230. The summed E-state index contributed by atoms with van der Waals surface area (Å²) in [6.45, 7) is 3.87. The summed E-state index contributed by atoms with van der Waals surface area (Å²) in [5, 5.41) is 6.34. The van der Waals surface area contributed by atoms with E-state index in [9.17, 15) is 14.4 Å². The molecule has 0 spiro atoms. The molecule has 0 bridgehead atoms. The van der Waals surface area contributed by atoms with Gasteiger partial charge in [0.05, 0.1) is 0 Å². The molecule has 2 N–H and O–H groups in total. The van der Waals surface area contributed by atoms with Crippen molar-refractivity contribution in [3.05, 3.63) is 81.7 Å². The average molecular weight is 471 g/mol. The molecule has 1 amide bonds. The first-order chi connectivity index (χ1) is 16.9. The number of rotatable bonds is 5. The van der Waals surface area contributed by atoms with Crippen LogP contribution in [0, 0.1) is 13.8 Å². The molecule has 0 aromatic heterocycles. The quantitative estimate of drug-likeness (QED) is 0.641. The molecule has 35 heavy (non-hydrogen) atoms. The lowest BCUT2D eigenvalue weighted by Gasteiger charge is -2.37. The molecular weight excluding hydrogens is 440 g/mol. The highest BCUT2D eigenvalue weighted by molar-refractivity contribution is 6.06. The van der Waals surface area contributed by atoms with Crippen molar-refractivity contribution in [2.24, 2.45) is 0 Å². The van der Waals surface area contributed by atoms with Crippen molar-refractivity contribution in [3.8, 4) is 5.75 Å². The van der Waals surface area contributed by atoms with Crippen LogP contribution in [0.2, 0.25) is 0 Å². The number of carbonyl (C=O) groups excluding carboxylic acids is 3. The monoisotopic (exact) mass is 470 g/mol. The fraction of sp³-hybridized carbons (Fsp3) is 0.345. The molecule has 0 atom stereocenters. The molecule has 0 saturated heterocycles. The molecule has 2 aromatic carbocycles. The van der Waals surface area contributed by atoms with Crippen LogP contribution in [0.5, 0.6) is 5.75 Å². The number of carbonyl (C=O) groups is 3. The molecule has 180 valence electrons. The summed E-state index contributed by atoms with van der Waals surface area (Å²) in [5.74, 6) is 0.246. The number of benzene rings is 2. The van der Waals surface area contributed by atoms with Crippen LogP contribution in [0.1, 0.15) is 61.1 Å². The Kier molecular flexibility index (Phi) is 6.29. The Labute approximate surface area is 205 Å². The van der Waals surface area contributed by atoms with E-state index >= 15 is 0 Å². The van der Waals surface area contributed by atoms with E-state index in [0.717, 1.165) is 70.6 Å². The van der Waals surface area contributed by atoms with Gasteiger partial charge in [-0.2, -0.15) is 0 Å². The Morgan fingerprint density at radius 3 is 2.17 bits per heavy atom. The number of nitrogens with one attached hydrogen (secondary N) is 2. The van der Waals surface area contributed by atoms with Crippen molar-refractivity contribution in [2.75, 3.05) is 11.9 Å². The molecule has 0 fully saturated rings. The van der Waals surface area contributed by atoms with E-state index in [2.05, 4.69) is 10.6 Å². The third kappa shape index (κ3) is 4.53. The largest absolute Gasteiger partial charge is 0.484 e. The van der Waals surface area contributed by atoms with Gasteiger partial charge in [-0.15, -0.1) is 0 Å². The molecular formula is C29H30N2O4. The van der Waals surface area contributed by atoms with Gasteiger partial charge >= 0.3 is 0 Å². The standard InChI is InChI=1S/C29H30N2O4/c1-17-6-3-7-21(18(17)2)31-26(34)16-35-20-14-12-19(13-15-20)27-28-22(8-4-10-24(28)32)30-23-9-5-11-25(33)29(23)27/h3,6-7,12-15,27,30H,4-5,8-11,16H2,1-2H3,(H,31,34). The van der Waals surface area contributed by atoms with Crippen molar-refractivity contribution in [3.63, 3.8) is 0 Å². The maximum atomic E-state index is 12.9. The number of amides is 1. The number of ketones is 2. The molecule has 2 aliphatic carbocycles. The lowest BCUT2D eigenvalue weighted by Crippen LogP contribution is -2.36. The Morgan fingerprint density at radius 1 is 0.914 bits per heavy atom. The number of hydrogen-bond acceptors (Lipinski definition) is 5. The van der Waals surface area contributed by atoms with E-state index in [1.165, 1.54) is 0 Å². The zero-order chi connectivity index (χ0) is 24.5. The lowest BCUT2D eigenvalue weighted by atomic mass is 9.71. The van der Waals surface area contributed by atoms with E-state index in [1.54, 1.807) is 0 Å². The molecule has 0 saturated carbocycles. The van der Waals surface area contributed by atoms with Crippen LogP contribution in [0.15, 0.2) is 65.0 Å². The highest BCUT2D eigenvalue weighted by atomic mass is 16.5. The van der Waals surface area contributed by atoms with Gasteiger partial charge in [0, 0.05) is 47.0 Å². The normalized spacial score (nSPS) is 18.1. The van der Waals surface area contributed by atoms with Crippen LogP contribution in [0.25, 0.3) is 0 Å². The van der Waals surface area contributed by atoms with E-state index in [1.807, 2.05) is 56.3 Å². The van der Waals surface area contributed by atoms with Crippen LogP contribution in [-0.2, 0) is 14.4 Å². The summed E-state index contributed by atoms with van der Waals surface area (Å²) < 4.78 is 5.73. The second-order valence-corrected chi connectivity index (χ2v) is 9.55. The van der Waals surface area contributed by atoms with Gasteiger partial charge in [0.15, 0.2) is 18.2 Å². The smallest absolute Gasteiger partial charge is 0.262 e. The second-order valence-electron chi connectivity index (χ2n) is 9.55. The molecule has 3 aliphatic rings. The molecule has 1 aliphatic heterocycles. The summed E-state index contributed by atoms with van der Waals surface area (Å²) in [4.78, 5) is 38.3.